The van der Waals surface area contributed by atoms with Crippen LogP contribution in [-0.2, 0) is 9.59 Å². The van der Waals surface area contributed by atoms with E-state index in [0.717, 1.165) is 10.1 Å². The molecule has 106 valence electrons. The number of nitrogens with zero attached hydrogens (tertiary/aromatic N) is 1. The molecule has 0 aromatic rings. The van der Waals surface area contributed by atoms with Gasteiger partial charge in [-0.2, -0.15) is 0 Å². The quantitative estimate of drug-likeness (QED) is 0.617. The number of amides is 2. The van der Waals surface area contributed by atoms with E-state index >= 15 is 0 Å². The van der Waals surface area contributed by atoms with Gasteiger partial charge in [-0.15, -0.1) is 0 Å². The summed E-state index contributed by atoms with van der Waals surface area (Å²) in [7, 11) is 0. The van der Waals surface area contributed by atoms with Crippen LogP contribution in [0.1, 0.15) is 20.3 Å². The van der Waals surface area contributed by atoms with Crippen molar-refractivity contribution in [1.82, 2.24) is 10.6 Å². The van der Waals surface area contributed by atoms with E-state index in [4.69, 9.17) is 5.73 Å². The highest BCUT2D eigenvalue weighted by Crippen LogP contribution is 2.29. The largest absolute Gasteiger partial charge is 0.369 e. The van der Waals surface area contributed by atoms with Gasteiger partial charge in [-0.25, -0.2) is 4.99 Å². The Morgan fingerprint density at radius 3 is 2.65 bits per heavy atom. The third kappa shape index (κ3) is 2.82. The van der Waals surface area contributed by atoms with Crippen LogP contribution in [0.4, 0.5) is 0 Å². The van der Waals surface area contributed by atoms with Crippen molar-refractivity contribution >= 4 is 33.7 Å². The first-order chi connectivity index (χ1) is 9.40. The second-order valence-electron chi connectivity index (χ2n) is 4.55. The minimum atomic E-state index is -0.335. The van der Waals surface area contributed by atoms with Gasteiger partial charge < -0.3 is 11.1 Å². The molecule has 2 amide bonds. The molecule has 0 aliphatic carbocycles. The normalized spacial score (nSPS) is 24.4. The lowest BCUT2D eigenvalue weighted by Gasteiger charge is -2.09. The van der Waals surface area contributed by atoms with Crippen LogP contribution in [-0.4, -0.2) is 24.3 Å². The van der Waals surface area contributed by atoms with Gasteiger partial charge in [0, 0.05) is 12.1 Å². The molecule has 0 bridgehead atoms. The van der Waals surface area contributed by atoms with Crippen molar-refractivity contribution in [3.8, 4) is 0 Å². The predicted octanol–water partition coefficient (Wildman–Crippen LogP) is 0.820. The number of aliphatic imine (C=N–C) groups is 1. The minimum Gasteiger partial charge on any atom is -0.369 e. The average Bonchev–Trinajstić information content (AvgIpc) is 2.63. The Labute approximate surface area is 125 Å². The first-order valence-electron chi connectivity index (χ1n) is 6.12. The van der Waals surface area contributed by atoms with Gasteiger partial charge in [0.15, 0.2) is 0 Å². The Bertz CT molecular complexity index is 610. The van der Waals surface area contributed by atoms with Crippen LogP contribution >= 0.6 is 15.9 Å². The highest BCUT2D eigenvalue weighted by molar-refractivity contribution is 9.11. The molecule has 0 radical (unpaired) electrons. The van der Waals surface area contributed by atoms with Gasteiger partial charge in [0.1, 0.15) is 5.70 Å². The van der Waals surface area contributed by atoms with Crippen LogP contribution in [0, 0.1) is 0 Å². The number of nitrogens with two attached hydrogens (primary N) is 1. The Morgan fingerprint density at radius 1 is 1.40 bits per heavy atom. The lowest BCUT2D eigenvalue weighted by molar-refractivity contribution is -0.117. The van der Waals surface area contributed by atoms with E-state index in [-0.39, 0.29) is 23.5 Å². The number of halogens is 1. The zero-order valence-corrected chi connectivity index (χ0v) is 12.8. The summed E-state index contributed by atoms with van der Waals surface area (Å²) in [6, 6.07) is 0. The molecule has 4 N–H and O–H groups in total. The highest BCUT2D eigenvalue weighted by Gasteiger charge is 2.27. The van der Waals surface area contributed by atoms with Crippen LogP contribution in [0.2, 0.25) is 0 Å². The standard InChI is InChI=1S/C13H15BrN4O2/c1-6(14)5-9-7(2)11(19)16-4-3-8(9)10-12(20)18-13(15)17-10/h5H,3-4H2,1-2H3,(H,16,19)(H3,15,17,18,20)/b6-5+,10-8-. The fourth-order valence-electron chi connectivity index (χ4n) is 2.14. The molecular formula is C13H15BrN4O2. The summed E-state index contributed by atoms with van der Waals surface area (Å²) >= 11 is 3.36. The minimum absolute atomic E-state index is 0.0811. The lowest BCUT2D eigenvalue weighted by Crippen LogP contribution is -2.30. The van der Waals surface area contributed by atoms with Gasteiger partial charge in [-0.3, -0.25) is 14.9 Å². The molecule has 0 saturated carbocycles. The van der Waals surface area contributed by atoms with E-state index in [1.807, 2.05) is 13.0 Å². The first-order valence-corrected chi connectivity index (χ1v) is 6.91. The van der Waals surface area contributed by atoms with E-state index in [0.29, 0.717) is 24.1 Å². The van der Waals surface area contributed by atoms with E-state index in [1.165, 1.54) is 0 Å². The summed E-state index contributed by atoms with van der Waals surface area (Å²) in [5, 5.41) is 5.25. The second-order valence-corrected chi connectivity index (χ2v) is 5.80. The number of hydrogen-bond acceptors (Lipinski definition) is 4. The molecule has 6 nitrogen and oxygen atoms in total. The summed E-state index contributed by atoms with van der Waals surface area (Å²) in [6.45, 7) is 4.04. The molecule has 2 heterocycles. The van der Waals surface area contributed by atoms with Crippen LogP contribution in [0.5, 0.6) is 0 Å². The molecular weight excluding hydrogens is 324 g/mol. The Morgan fingerprint density at radius 2 is 2.10 bits per heavy atom. The second kappa shape index (κ2) is 5.62. The van der Waals surface area contributed by atoms with E-state index in [1.54, 1.807) is 6.92 Å². The van der Waals surface area contributed by atoms with Gasteiger partial charge in [0.05, 0.1) is 0 Å². The molecule has 20 heavy (non-hydrogen) atoms. The molecule has 0 spiro atoms. The smallest absolute Gasteiger partial charge is 0.277 e. The SMILES string of the molecule is CC1=C(/C=C(\C)Br)/C(=C2\N=C(N)NC2=O)CCNC1=O. The monoisotopic (exact) mass is 338 g/mol. The maximum atomic E-state index is 11.9. The van der Waals surface area contributed by atoms with E-state index < -0.39 is 0 Å². The van der Waals surface area contributed by atoms with Gasteiger partial charge in [-0.1, -0.05) is 15.9 Å². The van der Waals surface area contributed by atoms with Crippen molar-refractivity contribution in [2.45, 2.75) is 20.3 Å². The van der Waals surface area contributed by atoms with Crippen molar-refractivity contribution in [2.75, 3.05) is 6.54 Å². The molecule has 0 aromatic carbocycles. The summed E-state index contributed by atoms with van der Waals surface area (Å²) in [5.41, 5.74) is 7.79. The summed E-state index contributed by atoms with van der Waals surface area (Å²) in [6.07, 6.45) is 2.34. The number of nitrogens with one attached hydrogen (secondary N) is 2. The summed E-state index contributed by atoms with van der Waals surface area (Å²) in [5.74, 6) is -0.397. The number of guanidine groups is 1. The van der Waals surface area contributed by atoms with E-state index in [9.17, 15) is 9.59 Å². The number of hydrogen-bond donors (Lipinski definition) is 3. The summed E-state index contributed by atoms with van der Waals surface area (Å²) < 4.78 is 0.856. The molecule has 2 rings (SSSR count). The Hall–Kier alpha value is -1.89. The van der Waals surface area contributed by atoms with Crippen LogP contribution < -0.4 is 16.4 Å². The van der Waals surface area contributed by atoms with Crippen molar-refractivity contribution in [3.63, 3.8) is 0 Å². The topological polar surface area (TPSA) is 96.6 Å². The first kappa shape index (κ1) is 14.5. The van der Waals surface area contributed by atoms with Gasteiger partial charge in [0.25, 0.3) is 5.91 Å². The number of allylic oxidation sites excluding steroid dienone is 3. The molecule has 0 atom stereocenters. The molecule has 2 aliphatic heterocycles. The number of rotatable bonds is 1. The van der Waals surface area contributed by atoms with Gasteiger partial charge in [0.2, 0.25) is 11.9 Å². The molecule has 0 saturated heterocycles. The molecule has 0 fully saturated rings. The van der Waals surface area contributed by atoms with Crippen LogP contribution in [0.3, 0.4) is 0 Å². The Balaban J connectivity index is 2.66. The fraction of sp³-hybridized carbons (Fsp3) is 0.308. The van der Waals surface area contributed by atoms with E-state index in [2.05, 4.69) is 31.6 Å². The average molecular weight is 339 g/mol. The highest BCUT2D eigenvalue weighted by atomic mass is 79.9. The fourth-order valence-corrected chi connectivity index (χ4v) is 2.37. The van der Waals surface area contributed by atoms with Crippen molar-refractivity contribution in [2.24, 2.45) is 10.7 Å². The molecule has 0 aromatic heterocycles. The maximum absolute atomic E-state index is 11.9. The molecule has 2 aliphatic rings. The Kier molecular flexibility index (Phi) is 4.08. The van der Waals surface area contributed by atoms with Crippen LogP contribution in [0.15, 0.2) is 38.0 Å². The predicted molar refractivity (Wildman–Crippen MR) is 79.8 cm³/mol. The number of carbonyl (C=O) groups excluding carboxylic acids is 2. The van der Waals surface area contributed by atoms with Crippen LogP contribution in [0.25, 0.3) is 0 Å². The zero-order chi connectivity index (χ0) is 14.9. The third-order valence-electron chi connectivity index (χ3n) is 3.05. The molecule has 0 unspecified atom stereocenters. The van der Waals surface area contributed by atoms with Crippen molar-refractivity contribution in [3.05, 3.63) is 33.0 Å². The lowest BCUT2D eigenvalue weighted by atomic mass is 9.96. The number of carbonyl (C=O) groups is 2. The van der Waals surface area contributed by atoms with Gasteiger partial charge >= 0.3 is 0 Å². The maximum Gasteiger partial charge on any atom is 0.277 e. The van der Waals surface area contributed by atoms with Crippen molar-refractivity contribution < 1.29 is 9.59 Å². The van der Waals surface area contributed by atoms with Crippen molar-refractivity contribution in [1.29, 1.82) is 0 Å². The zero-order valence-electron chi connectivity index (χ0n) is 11.2. The third-order valence-corrected chi connectivity index (χ3v) is 3.28. The summed E-state index contributed by atoms with van der Waals surface area (Å²) in [4.78, 5) is 27.9. The van der Waals surface area contributed by atoms with Gasteiger partial charge in [-0.05, 0) is 42.0 Å². The molecule has 7 heteroatoms.